The number of hydrogen-bond acceptors (Lipinski definition) is 9. The number of nitrogens with zero attached hydrogens (tertiary/aromatic N) is 8. The number of hydrogen-bond donors (Lipinski definition) is 1. The quantitative estimate of drug-likeness (QED) is 0.239. The van der Waals surface area contributed by atoms with E-state index in [1.165, 1.54) is 0 Å². The van der Waals surface area contributed by atoms with Crippen LogP contribution in [0.25, 0.3) is 22.4 Å². The van der Waals surface area contributed by atoms with Crippen LogP contribution in [-0.4, -0.2) is 54.6 Å². The normalized spacial score (nSPS) is 11.9. The van der Waals surface area contributed by atoms with Crippen LogP contribution in [0.2, 0.25) is 0 Å². The first kappa shape index (κ1) is 26.5. The Hall–Kier alpha value is -5.06. The minimum Gasteiger partial charge on any atom is -0.497 e. The van der Waals surface area contributed by atoms with Crippen LogP contribution < -0.4 is 14.4 Å². The van der Waals surface area contributed by atoms with Crippen LogP contribution in [0.5, 0.6) is 11.5 Å². The highest BCUT2D eigenvalue weighted by Gasteiger charge is 2.20. The second-order valence-electron chi connectivity index (χ2n) is 9.14. The number of allylic oxidation sites excluding steroid dienone is 1. The van der Waals surface area contributed by atoms with Crippen molar-refractivity contribution < 1.29 is 9.47 Å². The molecule has 0 saturated carbocycles. The van der Waals surface area contributed by atoms with Gasteiger partial charge in [0.1, 0.15) is 28.7 Å². The SMILES string of the molecule is C/C=C\N=C(C)Cn1cc(-c2cnc3ccc(N(Cc4ncc[nH]4)c4cc(OC)cc(OC)c4C)nc3n2)cn1. The summed E-state index contributed by atoms with van der Waals surface area (Å²) in [5.41, 5.74) is 5.50. The summed E-state index contributed by atoms with van der Waals surface area (Å²) in [6.45, 7) is 6.93. The lowest BCUT2D eigenvalue weighted by Crippen LogP contribution is -2.20. The fourth-order valence-electron chi connectivity index (χ4n) is 4.32. The van der Waals surface area contributed by atoms with E-state index in [4.69, 9.17) is 19.4 Å². The molecule has 0 aliphatic heterocycles. The molecule has 4 heterocycles. The largest absolute Gasteiger partial charge is 0.497 e. The van der Waals surface area contributed by atoms with Gasteiger partial charge in [-0.15, -0.1) is 0 Å². The number of imidazole rings is 1. The van der Waals surface area contributed by atoms with Crippen molar-refractivity contribution in [1.82, 2.24) is 34.7 Å². The molecule has 1 N–H and O–H groups in total. The molecular weight excluding hydrogens is 506 g/mol. The number of aromatic nitrogens is 7. The number of anilines is 2. The zero-order valence-electron chi connectivity index (χ0n) is 23.2. The Morgan fingerprint density at radius 2 is 2.00 bits per heavy atom. The van der Waals surface area contributed by atoms with E-state index in [0.29, 0.717) is 47.3 Å². The molecule has 204 valence electrons. The highest BCUT2D eigenvalue weighted by atomic mass is 16.5. The maximum atomic E-state index is 5.64. The van der Waals surface area contributed by atoms with Gasteiger partial charge in [0, 0.05) is 53.8 Å². The van der Waals surface area contributed by atoms with Gasteiger partial charge in [0.25, 0.3) is 0 Å². The van der Waals surface area contributed by atoms with E-state index in [2.05, 4.69) is 29.9 Å². The van der Waals surface area contributed by atoms with Gasteiger partial charge in [-0.2, -0.15) is 5.10 Å². The minimum atomic E-state index is 0.441. The Balaban J connectivity index is 1.54. The first-order chi connectivity index (χ1) is 19.5. The predicted molar refractivity (Wildman–Crippen MR) is 155 cm³/mol. The summed E-state index contributed by atoms with van der Waals surface area (Å²) in [7, 11) is 3.28. The Kier molecular flexibility index (Phi) is 7.81. The van der Waals surface area contributed by atoms with E-state index >= 15 is 0 Å². The maximum Gasteiger partial charge on any atom is 0.180 e. The van der Waals surface area contributed by atoms with Crippen LogP contribution in [0.3, 0.4) is 0 Å². The molecular formula is C29H31N9O2. The van der Waals surface area contributed by atoms with Crippen molar-refractivity contribution in [3.8, 4) is 22.8 Å². The van der Waals surface area contributed by atoms with Crippen LogP contribution in [0.4, 0.5) is 11.5 Å². The molecule has 0 saturated heterocycles. The number of benzene rings is 1. The lowest BCUT2D eigenvalue weighted by atomic mass is 10.1. The number of nitrogens with one attached hydrogen (secondary N) is 1. The Labute approximate surface area is 232 Å². The van der Waals surface area contributed by atoms with E-state index < -0.39 is 0 Å². The predicted octanol–water partition coefficient (Wildman–Crippen LogP) is 5.27. The van der Waals surface area contributed by atoms with Gasteiger partial charge in [-0.05, 0) is 32.9 Å². The van der Waals surface area contributed by atoms with Crippen molar-refractivity contribution in [3.63, 3.8) is 0 Å². The third-order valence-electron chi connectivity index (χ3n) is 6.35. The van der Waals surface area contributed by atoms with Crippen molar-refractivity contribution in [2.45, 2.75) is 33.9 Å². The molecule has 0 atom stereocenters. The fraction of sp³-hybridized carbons (Fsp3) is 0.241. The third kappa shape index (κ3) is 5.68. The van der Waals surface area contributed by atoms with Crippen LogP contribution in [0.1, 0.15) is 25.2 Å². The van der Waals surface area contributed by atoms with E-state index in [1.54, 1.807) is 45.2 Å². The van der Waals surface area contributed by atoms with Crippen molar-refractivity contribution in [2.75, 3.05) is 19.1 Å². The van der Waals surface area contributed by atoms with Gasteiger partial charge in [0.2, 0.25) is 0 Å². The second-order valence-corrected chi connectivity index (χ2v) is 9.14. The number of pyridine rings is 1. The molecule has 0 spiro atoms. The zero-order chi connectivity index (χ0) is 28.1. The summed E-state index contributed by atoms with van der Waals surface area (Å²) >= 11 is 0. The van der Waals surface area contributed by atoms with E-state index in [-0.39, 0.29) is 0 Å². The molecule has 0 radical (unpaired) electrons. The first-order valence-corrected chi connectivity index (χ1v) is 12.8. The van der Waals surface area contributed by atoms with Gasteiger partial charge in [-0.3, -0.25) is 14.7 Å². The van der Waals surface area contributed by atoms with E-state index in [9.17, 15) is 0 Å². The molecule has 0 bridgehead atoms. The van der Waals surface area contributed by atoms with Crippen LogP contribution in [-0.2, 0) is 13.1 Å². The summed E-state index contributed by atoms with van der Waals surface area (Å²) in [6, 6.07) is 7.67. The number of methoxy groups -OCH3 is 2. The molecule has 0 aliphatic rings. The Morgan fingerprint density at radius 1 is 1.12 bits per heavy atom. The number of aromatic amines is 1. The van der Waals surface area contributed by atoms with Crippen LogP contribution >= 0.6 is 0 Å². The van der Waals surface area contributed by atoms with Gasteiger partial charge in [0.05, 0.1) is 51.1 Å². The maximum absolute atomic E-state index is 5.64. The topological polar surface area (TPSA) is 119 Å². The molecule has 0 fully saturated rings. The molecule has 0 aliphatic carbocycles. The van der Waals surface area contributed by atoms with Crippen LogP contribution in [0, 0.1) is 6.92 Å². The van der Waals surface area contributed by atoms with Gasteiger partial charge < -0.3 is 19.4 Å². The second kappa shape index (κ2) is 11.8. The lowest BCUT2D eigenvalue weighted by Gasteiger charge is -2.26. The Morgan fingerprint density at radius 3 is 2.75 bits per heavy atom. The van der Waals surface area contributed by atoms with E-state index in [1.807, 2.05) is 62.0 Å². The van der Waals surface area contributed by atoms with Crippen molar-refractivity contribution in [3.05, 3.63) is 78.9 Å². The number of H-pyrrole nitrogens is 1. The highest BCUT2D eigenvalue weighted by molar-refractivity contribution is 5.82. The van der Waals surface area contributed by atoms with Crippen molar-refractivity contribution >= 4 is 28.4 Å². The van der Waals surface area contributed by atoms with Gasteiger partial charge >= 0.3 is 0 Å². The molecule has 1 aromatic carbocycles. The van der Waals surface area contributed by atoms with Gasteiger partial charge in [-0.1, -0.05) is 6.08 Å². The van der Waals surface area contributed by atoms with Gasteiger partial charge in [-0.25, -0.2) is 15.0 Å². The van der Waals surface area contributed by atoms with E-state index in [0.717, 1.165) is 28.4 Å². The molecule has 5 rings (SSSR count). The third-order valence-corrected chi connectivity index (χ3v) is 6.35. The smallest absolute Gasteiger partial charge is 0.180 e. The summed E-state index contributed by atoms with van der Waals surface area (Å²) in [6.07, 6.45) is 12.6. The molecule has 40 heavy (non-hydrogen) atoms. The van der Waals surface area contributed by atoms with Crippen LogP contribution in [0.15, 0.2) is 72.5 Å². The number of rotatable bonds is 10. The fourth-order valence-corrected chi connectivity index (χ4v) is 4.32. The average molecular weight is 538 g/mol. The average Bonchev–Trinajstić information content (AvgIpc) is 3.67. The number of ether oxygens (including phenoxy) is 2. The Bertz CT molecular complexity index is 1670. The first-order valence-electron chi connectivity index (χ1n) is 12.8. The summed E-state index contributed by atoms with van der Waals surface area (Å²) in [5.74, 6) is 2.85. The summed E-state index contributed by atoms with van der Waals surface area (Å²) < 4.78 is 13.0. The monoisotopic (exact) mass is 537 g/mol. The summed E-state index contributed by atoms with van der Waals surface area (Å²) in [5, 5.41) is 4.47. The molecule has 4 aromatic heterocycles. The minimum absolute atomic E-state index is 0.441. The highest BCUT2D eigenvalue weighted by Crippen LogP contribution is 2.38. The molecule has 5 aromatic rings. The molecule has 11 nitrogen and oxygen atoms in total. The molecule has 0 amide bonds. The number of fused-ring (bicyclic) bond motifs is 1. The van der Waals surface area contributed by atoms with Crippen molar-refractivity contribution in [2.24, 2.45) is 4.99 Å². The zero-order valence-corrected chi connectivity index (χ0v) is 23.2. The standard InChI is InChI=1S/C29H31N9O2/c1-6-9-30-19(2)16-37-17-21(14-34-37)24-15-33-23-7-8-28(36-29(23)35-24)38(18-27-31-10-11-32-27)25-12-22(39-4)13-26(40-5)20(25)3/h6-15,17H,16,18H2,1-5H3,(H,31,32)/b9-6-,30-19?. The molecule has 11 heteroatoms. The molecule has 0 unspecified atom stereocenters. The number of aliphatic imine (C=N–C) groups is 1. The van der Waals surface area contributed by atoms with Gasteiger partial charge in [0.15, 0.2) is 5.65 Å². The lowest BCUT2D eigenvalue weighted by molar-refractivity contribution is 0.392. The van der Waals surface area contributed by atoms with Crippen molar-refractivity contribution in [1.29, 1.82) is 0 Å². The summed E-state index contributed by atoms with van der Waals surface area (Å²) in [4.78, 5) is 28.5.